The smallest absolute Gasteiger partial charge is 0.134 e. The molecule has 0 radical (unpaired) electrons. The summed E-state index contributed by atoms with van der Waals surface area (Å²) in [4.78, 5) is 4.06. The van der Waals surface area contributed by atoms with E-state index in [1.54, 1.807) is 12.3 Å². The van der Waals surface area contributed by atoms with E-state index in [0.29, 0.717) is 18.0 Å². The highest BCUT2D eigenvalue weighted by Gasteiger charge is 2.33. The van der Waals surface area contributed by atoms with Crippen molar-refractivity contribution in [2.45, 2.75) is 45.0 Å². The predicted molar refractivity (Wildman–Crippen MR) is 92.5 cm³/mol. The number of imidazole rings is 1. The lowest BCUT2D eigenvalue weighted by Crippen LogP contribution is -2.35. The Hall–Kier alpha value is -2.18. The van der Waals surface area contributed by atoms with E-state index in [9.17, 15) is 9.50 Å². The van der Waals surface area contributed by atoms with Crippen molar-refractivity contribution in [2.24, 2.45) is 5.92 Å². The van der Waals surface area contributed by atoms with Gasteiger partial charge in [-0.25, -0.2) is 9.37 Å². The fraction of sp³-hybridized carbons (Fsp3) is 0.421. The van der Waals surface area contributed by atoms with Crippen LogP contribution in [0.1, 0.15) is 24.2 Å². The predicted octanol–water partition coefficient (Wildman–Crippen LogP) is 3.01. The number of aryl methyl sites for hydroxylation is 1. The summed E-state index contributed by atoms with van der Waals surface area (Å²) in [5.74, 6) is 0.961. The number of nitrogens with zero attached hydrogens (tertiary/aromatic N) is 2. The minimum absolute atomic E-state index is 0.0397. The second-order valence-corrected chi connectivity index (χ2v) is 6.94. The molecular formula is C19H22FN3O2. The van der Waals surface area contributed by atoms with Crippen molar-refractivity contribution in [2.75, 3.05) is 0 Å². The molecule has 1 aromatic carbocycles. The Balaban J connectivity index is 1.40. The minimum atomic E-state index is -0.365. The average molecular weight is 343 g/mol. The fourth-order valence-electron chi connectivity index (χ4n) is 3.82. The number of aromatic nitrogens is 2. The molecule has 1 aliphatic carbocycles. The quantitative estimate of drug-likeness (QED) is 0.747. The lowest BCUT2D eigenvalue weighted by molar-refractivity contribution is 0.144. The third-order valence-electron chi connectivity index (χ3n) is 5.18. The topological polar surface area (TPSA) is 63.2 Å². The number of furan rings is 1. The summed E-state index contributed by atoms with van der Waals surface area (Å²) in [5, 5.41) is 14.6. The summed E-state index contributed by atoms with van der Waals surface area (Å²) >= 11 is 0. The SMILES string of the molecule is Cc1c(CN[C@@H]2CC(Cn3ccnc3)C[C@H]2O)oc2ccc(F)cc12. The Kier molecular flexibility index (Phi) is 4.31. The number of aliphatic hydroxyl groups excluding tert-OH is 1. The van der Waals surface area contributed by atoms with Crippen LogP contribution in [0.25, 0.3) is 11.0 Å². The molecule has 0 bridgehead atoms. The molecule has 1 fully saturated rings. The highest BCUT2D eigenvalue weighted by Crippen LogP contribution is 2.29. The lowest BCUT2D eigenvalue weighted by atomic mass is 10.1. The largest absolute Gasteiger partial charge is 0.459 e. The fourth-order valence-corrected chi connectivity index (χ4v) is 3.82. The number of aliphatic hydroxyl groups is 1. The first-order valence-electron chi connectivity index (χ1n) is 8.65. The van der Waals surface area contributed by atoms with E-state index in [2.05, 4.69) is 14.9 Å². The number of hydrogen-bond donors (Lipinski definition) is 2. The number of hydrogen-bond acceptors (Lipinski definition) is 4. The molecule has 2 heterocycles. The molecule has 2 N–H and O–H groups in total. The van der Waals surface area contributed by atoms with Crippen LogP contribution in [0.2, 0.25) is 0 Å². The van der Waals surface area contributed by atoms with E-state index >= 15 is 0 Å². The van der Waals surface area contributed by atoms with Crippen molar-refractivity contribution in [1.82, 2.24) is 14.9 Å². The second-order valence-electron chi connectivity index (χ2n) is 6.94. The molecule has 3 aromatic rings. The Morgan fingerprint density at radius 3 is 3.08 bits per heavy atom. The van der Waals surface area contributed by atoms with Gasteiger partial charge in [0.25, 0.3) is 0 Å². The Morgan fingerprint density at radius 1 is 1.40 bits per heavy atom. The molecule has 0 saturated heterocycles. The Bertz CT molecular complexity index is 859. The van der Waals surface area contributed by atoms with Crippen LogP contribution in [-0.2, 0) is 13.1 Å². The molecule has 3 atom stereocenters. The first kappa shape index (κ1) is 16.3. The number of rotatable bonds is 5. The number of benzene rings is 1. The van der Waals surface area contributed by atoms with Gasteiger partial charge in [-0.05, 0) is 49.4 Å². The third kappa shape index (κ3) is 3.32. The summed E-state index contributed by atoms with van der Waals surface area (Å²) in [6.45, 7) is 3.34. The monoisotopic (exact) mass is 343 g/mol. The van der Waals surface area contributed by atoms with Crippen molar-refractivity contribution in [3.8, 4) is 0 Å². The average Bonchev–Trinajstić information content (AvgIpc) is 3.28. The maximum atomic E-state index is 13.4. The summed E-state index contributed by atoms with van der Waals surface area (Å²) in [7, 11) is 0. The van der Waals surface area contributed by atoms with Crippen molar-refractivity contribution in [3.05, 3.63) is 54.1 Å². The molecule has 132 valence electrons. The van der Waals surface area contributed by atoms with Gasteiger partial charge in [0.2, 0.25) is 0 Å². The van der Waals surface area contributed by atoms with Crippen LogP contribution in [0.15, 0.2) is 41.3 Å². The summed E-state index contributed by atoms with van der Waals surface area (Å²) in [6, 6.07) is 4.61. The summed E-state index contributed by atoms with van der Waals surface area (Å²) in [6.07, 6.45) is 6.85. The van der Waals surface area contributed by atoms with E-state index in [4.69, 9.17) is 4.42 Å². The van der Waals surface area contributed by atoms with E-state index in [-0.39, 0.29) is 18.0 Å². The van der Waals surface area contributed by atoms with Gasteiger partial charge in [0.1, 0.15) is 17.2 Å². The molecule has 0 aliphatic heterocycles. The van der Waals surface area contributed by atoms with Gasteiger partial charge in [-0.2, -0.15) is 0 Å². The zero-order valence-corrected chi connectivity index (χ0v) is 14.2. The maximum Gasteiger partial charge on any atom is 0.134 e. The van der Waals surface area contributed by atoms with Crippen LogP contribution < -0.4 is 5.32 Å². The Labute approximate surface area is 145 Å². The minimum Gasteiger partial charge on any atom is -0.459 e. The summed E-state index contributed by atoms with van der Waals surface area (Å²) in [5.41, 5.74) is 1.64. The van der Waals surface area contributed by atoms with E-state index in [1.165, 1.54) is 12.1 Å². The Morgan fingerprint density at radius 2 is 2.28 bits per heavy atom. The molecule has 25 heavy (non-hydrogen) atoms. The van der Waals surface area contributed by atoms with Crippen molar-refractivity contribution in [1.29, 1.82) is 0 Å². The van der Waals surface area contributed by atoms with Gasteiger partial charge in [0, 0.05) is 30.4 Å². The van der Waals surface area contributed by atoms with Crippen LogP contribution in [0, 0.1) is 18.7 Å². The molecule has 1 saturated carbocycles. The lowest BCUT2D eigenvalue weighted by Gasteiger charge is -2.15. The van der Waals surface area contributed by atoms with Crippen LogP contribution in [-0.4, -0.2) is 26.8 Å². The van der Waals surface area contributed by atoms with Gasteiger partial charge >= 0.3 is 0 Å². The van der Waals surface area contributed by atoms with Crippen LogP contribution in [0.3, 0.4) is 0 Å². The molecule has 5 nitrogen and oxygen atoms in total. The molecular weight excluding hydrogens is 321 g/mol. The van der Waals surface area contributed by atoms with Crippen LogP contribution in [0.5, 0.6) is 0 Å². The molecule has 4 rings (SSSR count). The number of halogens is 1. The molecule has 1 aliphatic rings. The van der Waals surface area contributed by atoms with E-state index < -0.39 is 0 Å². The first-order valence-corrected chi connectivity index (χ1v) is 8.65. The van der Waals surface area contributed by atoms with Gasteiger partial charge in [-0.3, -0.25) is 0 Å². The number of fused-ring (bicyclic) bond motifs is 1. The van der Waals surface area contributed by atoms with E-state index in [1.807, 2.05) is 19.4 Å². The second kappa shape index (κ2) is 6.61. The molecule has 0 amide bonds. The standard InChI is InChI=1S/C19H22FN3O2/c1-12-15-8-14(20)2-3-18(15)25-19(12)9-22-16-6-13(7-17(16)24)10-23-5-4-21-11-23/h2-5,8,11,13,16-17,22,24H,6-7,9-10H2,1H3/t13?,16-,17-/m1/s1. The van der Waals surface area contributed by atoms with Gasteiger partial charge in [-0.15, -0.1) is 0 Å². The highest BCUT2D eigenvalue weighted by atomic mass is 19.1. The van der Waals surface area contributed by atoms with Crippen LogP contribution >= 0.6 is 0 Å². The third-order valence-corrected chi connectivity index (χ3v) is 5.18. The zero-order valence-electron chi connectivity index (χ0n) is 14.2. The molecule has 0 spiro atoms. The first-order chi connectivity index (χ1) is 12.1. The maximum absolute atomic E-state index is 13.4. The molecule has 1 unspecified atom stereocenters. The van der Waals surface area contributed by atoms with Crippen molar-refractivity contribution >= 4 is 11.0 Å². The van der Waals surface area contributed by atoms with Gasteiger partial charge in [0.05, 0.1) is 19.0 Å². The summed E-state index contributed by atoms with van der Waals surface area (Å²) < 4.78 is 21.3. The zero-order chi connectivity index (χ0) is 17.4. The van der Waals surface area contributed by atoms with Crippen molar-refractivity contribution in [3.63, 3.8) is 0 Å². The van der Waals surface area contributed by atoms with Crippen molar-refractivity contribution < 1.29 is 13.9 Å². The van der Waals surface area contributed by atoms with E-state index in [0.717, 1.165) is 36.1 Å². The van der Waals surface area contributed by atoms with Gasteiger partial charge in [0.15, 0.2) is 0 Å². The van der Waals surface area contributed by atoms with Crippen LogP contribution in [0.4, 0.5) is 4.39 Å². The number of nitrogens with one attached hydrogen (secondary N) is 1. The highest BCUT2D eigenvalue weighted by molar-refractivity contribution is 5.82. The van der Waals surface area contributed by atoms with Gasteiger partial charge < -0.3 is 19.4 Å². The molecule has 6 heteroatoms. The van der Waals surface area contributed by atoms with Gasteiger partial charge in [-0.1, -0.05) is 0 Å². The molecule has 2 aromatic heterocycles. The normalized spacial score (nSPS) is 23.6.